The summed E-state index contributed by atoms with van der Waals surface area (Å²) in [6.07, 6.45) is 10.1. The minimum atomic E-state index is -0.353. The van der Waals surface area contributed by atoms with Gasteiger partial charge >= 0.3 is 0 Å². The van der Waals surface area contributed by atoms with Crippen molar-refractivity contribution in [2.24, 2.45) is 0 Å². The van der Waals surface area contributed by atoms with Crippen LogP contribution in [0.2, 0.25) is 0 Å². The van der Waals surface area contributed by atoms with Gasteiger partial charge in [-0.25, -0.2) is 0 Å². The van der Waals surface area contributed by atoms with Gasteiger partial charge in [0.15, 0.2) is 0 Å². The Morgan fingerprint density at radius 3 is 2.32 bits per heavy atom. The van der Waals surface area contributed by atoms with Crippen LogP contribution in [0, 0.1) is 0 Å². The maximum Gasteiger partial charge on any atom is 0.0863 e. The highest BCUT2D eigenvalue weighted by Crippen LogP contribution is 2.23. The summed E-state index contributed by atoms with van der Waals surface area (Å²) in [5, 5.41) is 9.70. The van der Waals surface area contributed by atoms with Gasteiger partial charge in [0.25, 0.3) is 0 Å². The van der Waals surface area contributed by atoms with Crippen molar-refractivity contribution in [1.29, 1.82) is 0 Å². The summed E-state index contributed by atoms with van der Waals surface area (Å²) in [6, 6.07) is 20.6. The summed E-state index contributed by atoms with van der Waals surface area (Å²) in [5.41, 5.74) is 2.37. The fourth-order valence-electron chi connectivity index (χ4n) is 2.66. The minimum absolute atomic E-state index is 0.0399. The summed E-state index contributed by atoms with van der Waals surface area (Å²) in [4.78, 5) is 0. The number of hydrogen-bond acceptors (Lipinski definition) is 2. The Morgan fingerprint density at radius 2 is 1.64 bits per heavy atom. The zero-order valence-electron chi connectivity index (χ0n) is 14.9. The molecule has 132 valence electrons. The minimum Gasteiger partial charge on any atom is -0.389 e. The average Bonchev–Trinajstić information content (AvgIpc) is 2.65. The van der Waals surface area contributed by atoms with Gasteiger partial charge in [-0.2, -0.15) is 0 Å². The molecule has 2 rings (SSSR count). The molecule has 0 saturated heterocycles. The molecule has 0 unspecified atom stereocenters. The second-order valence-corrected chi connectivity index (χ2v) is 6.07. The van der Waals surface area contributed by atoms with Crippen LogP contribution in [0.4, 0.5) is 0 Å². The van der Waals surface area contributed by atoms with E-state index in [9.17, 15) is 5.11 Å². The van der Waals surface area contributed by atoms with Gasteiger partial charge in [0.1, 0.15) is 0 Å². The van der Waals surface area contributed by atoms with Gasteiger partial charge in [-0.3, -0.25) is 0 Å². The lowest BCUT2D eigenvalue weighted by Gasteiger charge is -2.17. The Balaban J connectivity index is 1.89. The van der Waals surface area contributed by atoms with E-state index in [4.69, 9.17) is 4.74 Å². The molecule has 0 heterocycles. The Hall–Kier alpha value is -2.16. The number of rotatable bonds is 10. The van der Waals surface area contributed by atoms with Gasteiger partial charge in [-0.05, 0) is 37.3 Å². The third-order valence-electron chi connectivity index (χ3n) is 4.03. The smallest absolute Gasteiger partial charge is 0.0863 e. The first-order valence-corrected chi connectivity index (χ1v) is 8.96. The Labute approximate surface area is 151 Å². The van der Waals surface area contributed by atoms with Crippen molar-refractivity contribution in [3.8, 4) is 0 Å². The largest absolute Gasteiger partial charge is 0.389 e. The van der Waals surface area contributed by atoms with Gasteiger partial charge in [0.05, 0.1) is 18.8 Å². The van der Waals surface area contributed by atoms with Crippen molar-refractivity contribution in [2.45, 2.75) is 45.0 Å². The van der Waals surface area contributed by atoms with Crippen LogP contribution in [-0.4, -0.2) is 11.2 Å². The molecule has 2 atom stereocenters. The zero-order chi connectivity index (χ0) is 17.7. The Morgan fingerprint density at radius 1 is 0.960 bits per heavy atom. The van der Waals surface area contributed by atoms with Crippen molar-refractivity contribution < 1.29 is 9.84 Å². The summed E-state index contributed by atoms with van der Waals surface area (Å²) < 4.78 is 6.17. The van der Waals surface area contributed by atoms with Crippen molar-refractivity contribution in [2.75, 3.05) is 0 Å². The van der Waals surface area contributed by atoms with Crippen molar-refractivity contribution in [1.82, 2.24) is 0 Å². The lowest BCUT2D eigenvalue weighted by atomic mass is 10.1. The Bertz CT molecular complexity index is 632. The Kier molecular flexibility index (Phi) is 8.74. The van der Waals surface area contributed by atoms with E-state index in [0.29, 0.717) is 6.61 Å². The first-order chi connectivity index (χ1) is 12.3. The number of allylic oxidation sites excluding steroid dienone is 2. The molecule has 0 fully saturated rings. The number of benzene rings is 2. The third-order valence-corrected chi connectivity index (χ3v) is 4.03. The highest BCUT2D eigenvalue weighted by atomic mass is 16.5. The van der Waals surface area contributed by atoms with E-state index < -0.39 is 0 Å². The standard InChI is InChI=1S/C23H28O2/c1-2-12-22(24)17-10-5-11-18-23(21-15-8-4-9-16-21)25-19-20-13-6-3-7-14-20/h2-9,11-16,22-24H,10,17-19H2,1H3/b11-5-,12-2+/t22-,23+/m0/s1. The second-order valence-electron chi connectivity index (χ2n) is 6.07. The van der Waals surface area contributed by atoms with E-state index in [1.54, 1.807) is 0 Å². The van der Waals surface area contributed by atoms with Crippen LogP contribution in [0.25, 0.3) is 0 Å². The second kappa shape index (κ2) is 11.4. The average molecular weight is 336 g/mol. The predicted molar refractivity (Wildman–Crippen MR) is 104 cm³/mol. The fourth-order valence-corrected chi connectivity index (χ4v) is 2.66. The summed E-state index contributed by atoms with van der Waals surface area (Å²) in [5.74, 6) is 0. The molecule has 2 heteroatoms. The van der Waals surface area contributed by atoms with E-state index in [-0.39, 0.29) is 12.2 Å². The predicted octanol–water partition coefficient (Wildman–Crippen LogP) is 5.61. The van der Waals surface area contributed by atoms with Crippen molar-refractivity contribution >= 4 is 0 Å². The topological polar surface area (TPSA) is 29.5 Å². The molecule has 0 saturated carbocycles. The highest BCUT2D eigenvalue weighted by molar-refractivity contribution is 5.19. The van der Waals surface area contributed by atoms with E-state index in [0.717, 1.165) is 19.3 Å². The molecule has 2 aromatic carbocycles. The van der Waals surface area contributed by atoms with Gasteiger partial charge in [0.2, 0.25) is 0 Å². The van der Waals surface area contributed by atoms with Crippen molar-refractivity contribution in [3.05, 3.63) is 96.1 Å². The van der Waals surface area contributed by atoms with Crippen LogP contribution < -0.4 is 0 Å². The fraction of sp³-hybridized carbons (Fsp3) is 0.304. The normalized spacial score (nSPS) is 14.2. The third kappa shape index (κ3) is 7.51. The number of aliphatic hydroxyl groups is 1. The monoisotopic (exact) mass is 336 g/mol. The highest BCUT2D eigenvalue weighted by Gasteiger charge is 2.10. The van der Waals surface area contributed by atoms with Crippen LogP contribution >= 0.6 is 0 Å². The summed E-state index contributed by atoms with van der Waals surface area (Å²) in [7, 11) is 0. The molecule has 0 aliphatic heterocycles. The molecular weight excluding hydrogens is 308 g/mol. The molecule has 2 aromatic rings. The zero-order valence-corrected chi connectivity index (χ0v) is 14.9. The molecule has 0 aromatic heterocycles. The van der Waals surface area contributed by atoms with Gasteiger partial charge in [-0.15, -0.1) is 0 Å². The first-order valence-electron chi connectivity index (χ1n) is 8.96. The van der Waals surface area contributed by atoms with E-state index >= 15 is 0 Å². The van der Waals surface area contributed by atoms with Crippen LogP contribution in [0.15, 0.2) is 85.0 Å². The number of hydrogen-bond donors (Lipinski definition) is 1. The molecule has 0 spiro atoms. The van der Waals surface area contributed by atoms with Crippen LogP contribution in [-0.2, 0) is 11.3 Å². The molecule has 2 nitrogen and oxygen atoms in total. The van der Waals surface area contributed by atoms with Gasteiger partial charge < -0.3 is 9.84 Å². The molecule has 25 heavy (non-hydrogen) atoms. The maximum atomic E-state index is 9.70. The van der Waals surface area contributed by atoms with Gasteiger partial charge in [0, 0.05) is 0 Å². The number of ether oxygens (including phenoxy) is 1. The molecular formula is C23H28O2. The molecule has 0 aliphatic carbocycles. The van der Waals surface area contributed by atoms with Crippen molar-refractivity contribution in [3.63, 3.8) is 0 Å². The SMILES string of the molecule is C/C=C/[C@H](O)CC/C=C\C[C@@H](OCc1ccccc1)c1ccccc1. The van der Waals surface area contributed by atoms with Crippen LogP contribution in [0.5, 0.6) is 0 Å². The molecule has 0 radical (unpaired) electrons. The van der Waals surface area contributed by atoms with Crippen LogP contribution in [0.3, 0.4) is 0 Å². The molecule has 1 N–H and O–H groups in total. The first kappa shape index (κ1) is 19.2. The quantitative estimate of drug-likeness (QED) is 0.572. The maximum absolute atomic E-state index is 9.70. The van der Waals surface area contributed by atoms with E-state index in [2.05, 4.69) is 36.4 Å². The van der Waals surface area contributed by atoms with Crippen LogP contribution in [0.1, 0.15) is 43.4 Å². The molecule has 0 aliphatic rings. The molecule has 0 amide bonds. The summed E-state index contributed by atoms with van der Waals surface area (Å²) >= 11 is 0. The number of aliphatic hydroxyl groups excluding tert-OH is 1. The summed E-state index contributed by atoms with van der Waals surface area (Å²) in [6.45, 7) is 2.53. The lowest BCUT2D eigenvalue weighted by molar-refractivity contribution is 0.0416. The molecule has 0 bridgehead atoms. The van der Waals surface area contributed by atoms with E-state index in [1.807, 2.05) is 55.5 Å². The lowest BCUT2D eigenvalue weighted by Crippen LogP contribution is -2.04. The van der Waals surface area contributed by atoms with Gasteiger partial charge in [-0.1, -0.05) is 85.0 Å². The van der Waals surface area contributed by atoms with E-state index in [1.165, 1.54) is 11.1 Å².